The van der Waals surface area contributed by atoms with E-state index < -0.39 is 0 Å². The number of benzene rings is 2. The Morgan fingerprint density at radius 1 is 0.974 bits per heavy atom. The summed E-state index contributed by atoms with van der Waals surface area (Å²) in [7, 11) is 0. The third kappa shape index (κ3) is 4.86. The van der Waals surface area contributed by atoms with E-state index in [0.717, 1.165) is 66.4 Å². The van der Waals surface area contributed by atoms with Gasteiger partial charge in [0.1, 0.15) is 11.6 Å². The number of aromatic nitrogens is 2. The fourth-order valence-corrected chi connectivity index (χ4v) is 5.06. The topological polar surface area (TPSA) is 75.1 Å². The number of imidazole rings is 1. The summed E-state index contributed by atoms with van der Waals surface area (Å²) in [5, 5.41) is 0. The van der Waals surface area contributed by atoms with Crippen LogP contribution in [0.4, 0.5) is 0 Å². The van der Waals surface area contributed by atoms with Gasteiger partial charge < -0.3 is 28.4 Å². The molecule has 2 aliphatic heterocycles. The first kappa shape index (κ1) is 24.2. The Bertz CT molecular complexity index is 1390. The Morgan fingerprint density at radius 2 is 1.82 bits per heavy atom. The third-order valence-corrected chi connectivity index (χ3v) is 7.09. The van der Waals surface area contributed by atoms with E-state index in [2.05, 4.69) is 23.6 Å². The number of allylic oxidation sites excluding steroid dienone is 2. The number of hydrogen-bond donors (Lipinski definition) is 0. The maximum Gasteiger partial charge on any atom is 0.254 e. The number of carbonyl (C=O) groups is 1. The molecule has 0 bridgehead atoms. The van der Waals surface area contributed by atoms with Gasteiger partial charge in [-0.25, -0.2) is 4.98 Å². The van der Waals surface area contributed by atoms with Crippen molar-refractivity contribution < 1.29 is 23.7 Å². The largest absolute Gasteiger partial charge is 0.458 e. The van der Waals surface area contributed by atoms with E-state index in [0.29, 0.717) is 30.2 Å². The Kier molecular flexibility index (Phi) is 6.77. The van der Waals surface area contributed by atoms with Crippen LogP contribution in [0.3, 0.4) is 0 Å². The van der Waals surface area contributed by atoms with Crippen LogP contribution < -0.4 is 9.47 Å². The highest BCUT2D eigenvalue weighted by atomic mass is 16.7. The molecule has 1 aliphatic carbocycles. The van der Waals surface area contributed by atoms with E-state index in [1.165, 1.54) is 0 Å². The van der Waals surface area contributed by atoms with Crippen LogP contribution in [0.1, 0.15) is 48.7 Å². The van der Waals surface area contributed by atoms with E-state index >= 15 is 0 Å². The molecule has 8 nitrogen and oxygen atoms in total. The average Bonchev–Trinajstić information content (AvgIpc) is 3.70. The van der Waals surface area contributed by atoms with Crippen LogP contribution in [0.5, 0.6) is 11.5 Å². The molecule has 8 heteroatoms. The minimum Gasteiger partial charge on any atom is -0.458 e. The monoisotopic (exact) mass is 513 g/mol. The smallest absolute Gasteiger partial charge is 0.254 e. The molecule has 3 aromatic rings. The van der Waals surface area contributed by atoms with Crippen molar-refractivity contribution in [1.82, 2.24) is 14.5 Å². The highest BCUT2D eigenvalue weighted by molar-refractivity contribution is 5.95. The molecule has 6 rings (SSSR count). The lowest BCUT2D eigenvalue weighted by Crippen LogP contribution is -2.33. The van der Waals surface area contributed by atoms with Crippen molar-refractivity contribution in [3.8, 4) is 22.9 Å². The second-order valence-electron chi connectivity index (χ2n) is 9.67. The van der Waals surface area contributed by atoms with Crippen LogP contribution >= 0.6 is 0 Å². The average molecular weight is 514 g/mol. The molecule has 0 atom stereocenters. The Labute approximate surface area is 222 Å². The molecule has 2 aromatic carbocycles. The van der Waals surface area contributed by atoms with Gasteiger partial charge in [-0.05, 0) is 42.7 Å². The molecule has 0 saturated carbocycles. The molecule has 1 aromatic heterocycles. The first-order chi connectivity index (χ1) is 18.7. The van der Waals surface area contributed by atoms with Gasteiger partial charge in [0.2, 0.25) is 13.6 Å². The number of amides is 1. The van der Waals surface area contributed by atoms with Crippen LogP contribution in [0.15, 0.2) is 77.9 Å². The van der Waals surface area contributed by atoms with E-state index in [-0.39, 0.29) is 19.5 Å². The van der Waals surface area contributed by atoms with Gasteiger partial charge in [-0.15, -0.1) is 0 Å². The number of unbranched alkanes of at least 4 members (excludes halogenated alkanes) is 1. The first-order valence-corrected chi connectivity index (χ1v) is 13.2. The van der Waals surface area contributed by atoms with Crippen molar-refractivity contribution in [2.75, 3.05) is 20.1 Å². The van der Waals surface area contributed by atoms with Gasteiger partial charge in [0, 0.05) is 30.6 Å². The predicted molar refractivity (Wildman–Crippen MR) is 141 cm³/mol. The normalized spacial score (nSPS) is 15.6. The molecule has 0 N–H and O–H groups in total. The van der Waals surface area contributed by atoms with E-state index in [9.17, 15) is 4.79 Å². The number of rotatable bonds is 9. The summed E-state index contributed by atoms with van der Waals surface area (Å²) in [6.45, 7) is 4.35. The number of hydrogen-bond acceptors (Lipinski definition) is 6. The summed E-state index contributed by atoms with van der Waals surface area (Å²) in [5.41, 5.74) is 3.76. The van der Waals surface area contributed by atoms with Crippen molar-refractivity contribution in [1.29, 1.82) is 0 Å². The molecule has 3 heterocycles. The first-order valence-electron chi connectivity index (χ1n) is 13.2. The minimum absolute atomic E-state index is 0.0722. The number of carbonyl (C=O) groups excluding carboxylic acids is 1. The molecular formula is C30H31N3O5. The molecular weight excluding hydrogens is 482 g/mol. The van der Waals surface area contributed by atoms with Crippen molar-refractivity contribution >= 4 is 5.91 Å². The van der Waals surface area contributed by atoms with Crippen molar-refractivity contribution in [3.63, 3.8) is 0 Å². The van der Waals surface area contributed by atoms with Gasteiger partial charge >= 0.3 is 0 Å². The number of fused-ring (bicyclic) bond motifs is 1. The molecule has 0 unspecified atom stereocenters. The van der Waals surface area contributed by atoms with Gasteiger partial charge in [0.15, 0.2) is 17.3 Å². The Morgan fingerprint density at radius 3 is 2.68 bits per heavy atom. The lowest BCUT2D eigenvalue weighted by molar-refractivity contribution is 0.0728. The second-order valence-corrected chi connectivity index (χ2v) is 9.67. The molecule has 196 valence electrons. The predicted octanol–water partition coefficient (Wildman–Crippen LogP) is 5.66. The summed E-state index contributed by atoms with van der Waals surface area (Å²) >= 11 is 0. The van der Waals surface area contributed by atoms with Crippen molar-refractivity contribution in [3.05, 3.63) is 89.2 Å². The summed E-state index contributed by atoms with van der Waals surface area (Å²) in [6, 6.07) is 15.6. The zero-order valence-electron chi connectivity index (χ0n) is 21.5. The second kappa shape index (κ2) is 10.7. The van der Waals surface area contributed by atoms with Gasteiger partial charge in [0.05, 0.1) is 18.4 Å². The zero-order valence-corrected chi connectivity index (χ0v) is 21.5. The molecule has 0 fully saturated rings. The maximum atomic E-state index is 14.0. The lowest BCUT2D eigenvalue weighted by atomic mass is 10.0. The van der Waals surface area contributed by atoms with Crippen molar-refractivity contribution in [2.24, 2.45) is 0 Å². The minimum atomic E-state index is -0.0722. The molecule has 1 amide bonds. The van der Waals surface area contributed by atoms with Gasteiger partial charge in [-0.1, -0.05) is 43.7 Å². The standard InChI is InChI=1S/C30H31N3O5/c1-2-3-13-33-24(16-31-29(33)22-7-5-4-6-8-22)18-32(17-21-9-11-25-27(14-21)37-19-35-25)30(34)23-10-12-26-28(15-23)38-20-36-26/h4-8,10,12,14-16H,2-3,9,11,13,17-20H2,1H3. The molecule has 3 aliphatic rings. The van der Waals surface area contributed by atoms with Crippen LogP contribution in [0.2, 0.25) is 0 Å². The van der Waals surface area contributed by atoms with Gasteiger partial charge in [-0.3, -0.25) is 4.79 Å². The Hall–Kier alpha value is -4.20. The number of ether oxygens (including phenoxy) is 4. The summed E-state index contributed by atoms with van der Waals surface area (Å²) in [4.78, 5) is 20.6. The van der Waals surface area contributed by atoms with Crippen LogP contribution in [0.25, 0.3) is 11.4 Å². The summed E-state index contributed by atoms with van der Waals surface area (Å²) in [5.74, 6) is 3.78. The van der Waals surface area contributed by atoms with E-state index in [1.54, 1.807) is 18.2 Å². The summed E-state index contributed by atoms with van der Waals surface area (Å²) in [6.07, 6.45) is 7.62. The van der Waals surface area contributed by atoms with E-state index in [1.807, 2.05) is 35.4 Å². The molecule has 0 spiro atoms. The van der Waals surface area contributed by atoms with Crippen molar-refractivity contribution in [2.45, 2.75) is 45.7 Å². The van der Waals surface area contributed by atoms with Crippen LogP contribution in [-0.2, 0) is 22.6 Å². The lowest BCUT2D eigenvalue weighted by Gasteiger charge is -2.26. The van der Waals surface area contributed by atoms with Gasteiger partial charge in [-0.2, -0.15) is 0 Å². The van der Waals surface area contributed by atoms with Crippen LogP contribution in [0, 0.1) is 0 Å². The fourth-order valence-electron chi connectivity index (χ4n) is 5.06. The third-order valence-electron chi connectivity index (χ3n) is 7.09. The maximum absolute atomic E-state index is 14.0. The zero-order chi connectivity index (χ0) is 25.9. The highest BCUT2D eigenvalue weighted by Gasteiger charge is 2.26. The fraction of sp³-hybridized carbons (Fsp3) is 0.333. The molecule has 38 heavy (non-hydrogen) atoms. The molecule has 0 saturated heterocycles. The summed E-state index contributed by atoms with van der Waals surface area (Å²) < 4.78 is 24.4. The SMILES string of the molecule is CCCCn1c(CN(CC2=CC3=C(CC2)OCO3)C(=O)c2ccc3c(c2)OCO3)cnc1-c1ccccc1. The molecule has 0 radical (unpaired) electrons. The van der Waals surface area contributed by atoms with Gasteiger partial charge in [0.25, 0.3) is 5.91 Å². The number of nitrogens with zero attached hydrogens (tertiary/aromatic N) is 3. The highest BCUT2D eigenvalue weighted by Crippen LogP contribution is 2.34. The van der Waals surface area contributed by atoms with E-state index in [4.69, 9.17) is 23.9 Å². The van der Waals surface area contributed by atoms with Crippen LogP contribution in [-0.4, -0.2) is 40.5 Å². The quantitative estimate of drug-likeness (QED) is 0.368. The Balaban J connectivity index is 1.33.